The lowest BCUT2D eigenvalue weighted by atomic mass is 10.2. The van der Waals surface area contributed by atoms with Crippen LogP contribution in [0.4, 0.5) is 0 Å². The molecular weight excluding hydrogens is 112 g/mol. The maximum atomic E-state index is 4.07. The van der Waals surface area contributed by atoms with Gasteiger partial charge in [0.15, 0.2) is 0 Å². The van der Waals surface area contributed by atoms with E-state index in [2.05, 4.69) is 16.0 Å². The quantitative estimate of drug-likeness (QED) is 0.478. The van der Waals surface area contributed by atoms with Gasteiger partial charge >= 0.3 is 6.07 Å². The average molecular weight is 125 g/mol. The van der Waals surface area contributed by atoms with Gasteiger partial charge in [0.1, 0.15) is 0 Å². The fourth-order valence-corrected chi connectivity index (χ4v) is 1.12. The van der Waals surface area contributed by atoms with Crippen molar-refractivity contribution in [3.05, 3.63) is 4.95 Å². The topological polar surface area (TPSA) is 7.60 Å². The predicted octanol–water partition coefficient (Wildman–Crippen LogP) is 1.74. The Morgan fingerprint density at radius 2 is 1.89 bits per heavy atom. The lowest BCUT2D eigenvalue weighted by Gasteiger charge is -2.11. The molecule has 9 heavy (non-hydrogen) atoms. The van der Waals surface area contributed by atoms with Crippen LogP contribution >= 0.6 is 0 Å². The summed E-state index contributed by atoms with van der Waals surface area (Å²) in [5.74, 6) is 0. The van der Waals surface area contributed by atoms with Crippen LogP contribution in [0, 0.1) is 6.07 Å². The minimum Gasteiger partial charge on any atom is -0.0694 e. The zero-order valence-corrected chi connectivity index (χ0v) is 5.93. The second kappa shape index (κ2) is 3.34. The highest BCUT2D eigenvalue weighted by atomic mass is 15.4. The van der Waals surface area contributed by atoms with E-state index in [0.29, 0.717) is 0 Å². The molecular formula is C7H13N2+. The Balaban J connectivity index is 2.28. The molecule has 0 saturated carbocycles. The Morgan fingerprint density at radius 3 is 2.44 bits per heavy atom. The number of hydrogen-bond acceptors (Lipinski definition) is 1. The fraction of sp³-hybridized carbons (Fsp3) is 0.857. The first kappa shape index (κ1) is 6.41. The molecule has 2 heteroatoms. The van der Waals surface area contributed by atoms with E-state index < -0.39 is 0 Å². The van der Waals surface area contributed by atoms with Crippen LogP contribution in [0.5, 0.6) is 0 Å². The van der Waals surface area contributed by atoms with Crippen LogP contribution in [0.2, 0.25) is 0 Å². The number of nitrogens with zero attached hydrogens (tertiary/aromatic N) is 2. The fourth-order valence-electron chi connectivity index (χ4n) is 1.12. The summed E-state index contributed by atoms with van der Waals surface area (Å²) in [5.41, 5.74) is 0. The van der Waals surface area contributed by atoms with Gasteiger partial charge in [-0.3, -0.25) is 0 Å². The minimum absolute atomic E-state index is 1.13. The summed E-state index contributed by atoms with van der Waals surface area (Å²) in [6.07, 6.45) is 3.96. The van der Waals surface area contributed by atoms with Crippen LogP contribution in [0.1, 0.15) is 26.2 Å². The van der Waals surface area contributed by atoms with E-state index in [-0.39, 0.29) is 0 Å². The van der Waals surface area contributed by atoms with Crippen molar-refractivity contribution in [3.63, 3.8) is 0 Å². The molecule has 1 fully saturated rings. The van der Waals surface area contributed by atoms with E-state index in [1.807, 2.05) is 6.92 Å². The SMILES string of the molecule is CC#[N+]N1CCCCC1. The van der Waals surface area contributed by atoms with E-state index >= 15 is 0 Å². The molecule has 0 bridgehead atoms. The summed E-state index contributed by atoms with van der Waals surface area (Å²) in [6, 6.07) is 2.79. The Morgan fingerprint density at radius 1 is 1.22 bits per heavy atom. The van der Waals surface area contributed by atoms with Crippen LogP contribution in [0.25, 0.3) is 4.95 Å². The number of piperidine rings is 1. The third kappa shape index (κ3) is 1.93. The van der Waals surface area contributed by atoms with Gasteiger partial charge in [-0.25, -0.2) is 0 Å². The van der Waals surface area contributed by atoms with Crippen LogP contribution in [-0.2, 0) is 0 Å². The van der Waals surface area contributed by atoms with Gasteiger partial charge in [-0.05, 0) is 19.3 Å². The molecule has 0 radical (unpaired) electrons. The van der Waals surface area contributed by atoms with E-state index in [9.17, 15) is 0 Å². The smallest absolute Gasteiger partial charge is 0.0694 e. The first-order valence-corrected chi connectivity index (χ1v) is 3.56. The lowest BCUT2D eigenvalue weighted by molar-refractivity contribution is 0.305. The van der Waals surface area contributed by atoms with Gasteiger partial charge in [0.05, 0.1) is 25.0 Å². The van der Waals surface area contributed by atoms with E-state index in [0.717, 1.165) is 13.1 Å². The zero-order chi connectivity index (χ0) is 6.53. The van der Waals surface area contributed by atoms with Crippen molar-refractivity contribution in [2.24, 2.45) is 0 Å². The van der Waals surface area contributed by atoms with Gasteiger partial charge in [0, 0.05) is 0 Å². The molecule has 0 spiro atoms. The summed E-state index contributed by atoms with van der Waals surface area (Å²) in [4.78, 5) is 4.07. The normalized spacial score (nSPS) is 18.6. The molecule has 0 aromatic carbocycles. The summed E-state index contributed by atoms with van der Waals surface area (Å²) in [6.45, 7) is 4.09. The van der Waals surface area contributed by atoms with Crippen molar-refractivity contribution in [2.45, 2.75) is 26.2 Å². The highest BCUT2D eigenvalue weighted by Crippen LogP contribution is 2.07. The molecule has 1 aliphatic rings. The van der Waals surface area contributed by atoms with Gasteiger partial charge < -0.3 is 0 Å². The maximum Gasteiger partial charge on any atom is 0.315 e. The molecule has 0 N–H and O–H groups in total. The van der Waals surface area contributed by atoms with Gasteiger partial charge in [-0.15, -0.1) is 0 Å². The highest BCUT2D eigenvalue weighted by Gasteiger charge is 2.13. The van der Waals surface area contributed by atoms with Crippen LogP contribution in [-0.4, -0.2) is 18.1 Å². The number of rotatable bonds is 0. The molecule has 2 nitrogen and oxygen atoms in total. The Labute approximate surface area is 56.3 Å². The summed E-state index contributed by atoms with van der Waals surface area (Å²) < 4.78 is 0. The van der Waals surface area contributed by atoms with Crippen molar-refractivity contribution < 1.29 is 0 Å². The minimum atomic E-state index is 1.13. The molecule has 0 aliphatic carbocycles. The first-order chi connectivity index (χ1) is 4.43. The Bertz CT molecular complexity index is 126. The maximum absolute atomic E-state index is 4.07. The molecule has 0 amide bonds. The lowest BCUT2D eigenvalue weighted by Crippen LogP contribution is -2.22. The third-order valence-corrected chi connectivity index (χ3v) is 1.57. The second-order valence-electron chi connectivity index (χ2n) is 2.34. The third-order valence-electron chi connectivity index (χ3n) is 1.57. The van der Waals surface area contributed by atoms with Crippen LogP contribution in [0.15, 0.2) is 0 Å². The Kier molecular flexibility index (Phi) is 2.38. The van der Waals surface area contributed by atoms with Crippen molar-refractivity contribution in [2.75, 3.05) is 13.1 Å². The van der Waals surface area contributed by atoms with E-state index in [4.69, 9.17) is 0 Å². The van der Waals surface area contributed by atoms with Gasteiger partial charge in [-0.2, -0.15) is 0 Å². The second-order valence-corrected chi connectivity index (χ2v) is 2.34. The monoisotopic (exact) mass is 125 g/mol. The summed E-state index contributed by atoms with van der Waals surface area (Å²) in [7, 11) is 0. The largest absolute Gasteiger partial charge is 0.315 e. The molecule has 1 saturated heterocycles. The van der Waals surface area contributed by atoms with E-state index in [1.54, 1.807) is 0 Å². The molecule has 50 valence electrons. The molecule has 0 unspecified atom stereocenters. The predicted molar refractivity (Wildman–Crippen MR) is 38.3 cm³/mol. The molecule has 1 aliphatic heterocycles. The molecule has 0 aromatic rings. The molecule has 1 rings (SSSR count). The first-order valence-electron chi connectivity index (χ1n) is 3.56. The van der Waals surface area contributed by atoms with Gasteiger partial charge in [0.25, 0.3) is 0 Å². The highest BCUT2D eigenvalue weighted by molar-refractivity contribution is 4.79. The van der Waals surface area contributed by atoms with Gasteiger partial charge in [-0.1, -0.05) is 5.01 Å². The molecule has 1 heterocycles. The van der Waals surface area contributed by atoms with Crippen molar-refractivity contribution >= 4 is 0 Å². The van der Waals surface area contributed by atoms with E-state index in [1.165, 1.54) is 19.3 Å². The average Bonchev–Trinajstić information content (AvgIpc) is 1.91. The summed E-state index contributed by atoms with van der Waals surface area (Å²) in [5, 5.41) is 2.09. The van der Waals surface area contributed by atoms with Crippen molar-refractivity contribution in [1.29, 1.82) is 0 Å². The van der Waals surface area contributed by atoms with Crippen molar-refractivity contribution in [1.82, 2.24) is 5.01 Å². The zero-order valence-electron chi connectivity index (χ0n) is 5.93. The van der Waals surface area contributed by atoms with Crippen LogP contribution in [0.3, 0.4) is 0 Å². The summed E-state index contributed by atoms with van der Waals surface area (Å²) >= 11 is 0. The molecule has 0 atom stereocenters. The van der Waals surface area contributed by atoms with Gasteiger partial charge in [0.2, 0.25) is 0 Å². The van der Waals surface area contributed by atoms with Crippen molar-refractivity contribution in [3.8, 4) is 6.07 Å². The number of hydrogen-bond donors (Lipinski definition) is 0. The Hall–Kier alpha value is -0.710. The standard InChI is InChI=1S/C7H13N2/c1-2-8-9-6-4-3-5-7-9/h3-7H2,1H3/q+1. The molecule has 0 aromatic heterocycles. The van der Waals surface area contributed by atoms with Crippen LogP contribution < -0.4 is 0 Å².